The molecule has 0 unspecified atom stereocenters. The molecule has 0 aliphatic rings. The van der Waals surface area contributed by atoms with Crippen LogP contribution in [0.5, 0.6) is 0 Å². The highest BCUT2D eigenvalue weighted by Crippen LogP contribution is 2.40. The van der Waals surface area contributed by atoms with Crippen molar-refractivity contribution in [3.63, 3.8) is 0 Å². The van der Waals surface area contributed by atoms with Crippen molar-refractivity contribution in [2.24, 2.45) is 0 Å². The Morgan fingerprint density at radius 3 is 1.47 bits per heavy atom. The first-order chi connectivity index (χ1) is 29.7. The number of hydrogen-bond acceptors (Lipinski definition) is 1. The van der Waals surface area contributed by atoms with Crippen LogP contribution in [0.15, 0.2) is 243 Å². The second-order valence-electron chi connectivity index (χ2n) is 15.4. The normalized spacial score (nSPS) is 11.3. The Morgan fingerprint density at radius 2 is 0.750 bits per heavy atom. The molecule has 60 heavy (non-hydrogen) atoms. The van der Waals surface area contributed by atoms with Crippen LogP contribution in [-0.2, 0) is 0 Å². The van der Waals surface area contributed by atoms with E-state index < -0.39 is 0 Å². The molecule has 0 radical (unpaired) electrons. The van der Waals surface area contributed by atoms with Crippen LogP contribution in [-0.4, -0.2) is 4.57 Å². The van der Waals surface area contributed by atoms with Gasteiger partial charge >= 0.3 is 0 Å². The maximum Gasteiger partial charge on any atom is 0.0541 e. The second kappa shape index (κ2) is 15.1. The molecule has 11 rings (SSSR count). The van der Waals surface area contributed by atoms with Crippen molar-refractivity contribution in [1.29, 1.82) is 0 Å². The van der Waals surface area contributed by atoms with E-state index in [4.69, 9.17) is 0 Å². The average molecular weight is 765 g/mol. The van der Waals surface area contributed by atoms with E-state index >= 15 is 0 Å². The largest absolute Gasteiger partial charge is 0.310 e. The SMILES string of the molecule is c1ccc(-c2ccc(N(c3ccc(-c4cccc(-c5ccccc5-n5c6ccccc6c6ccccc65)c4)cc3)c3cccc(-c4ccc5ccccc5c4)c3)cc2)cc1. The van der Waals surface area contributed by atoms with Crippen molar-refractivity contribution in [2.45, 2.75) is 0 Å². The Kier molecular flexibility index (Phi) is 8.87. The second-order valence-corrected chi connectivity index (χ2v) is 15.4. The van der Waals surface area contributed by atoms with Gasteiger partial charge in [0.2, 0.25) is 0 Å². The monoisotopic (exact) mass is 764 g/mol. The third-order valence-corrected chi connectivity index (χ3v) is 11.8. The van der Waals surface area contributed by atoms with Crippen LogP contribution >= 0.6 is 0 Å². The molecule has 0 saturated carbocycles. The summed E-state index contributed by atoms with van der Waals surface area (Å²) >= 11 is 0. The zero-order valence-corrected chi connectivity index (χ0v) is 33.0. The van der Waals surface area contributed by atoms with Crippen LogP contribution < -0.4 is 4.90 Å². The maximum atomic E-state index is 2.41. The molecule has 0 saturated heterocycles. The highest BCUT2D eigenvalue weighted by Gasteiger charge is 2.17. The van der Waals surface area contributed by atoms with Gasteiger partial charge in [-0.25, -0.2) is 0 Å². The van der Waals surface area contributed by atoms with Crippen molar-refractivity contribution in [2.75, 3.05) is 4.90 Å². The fourth-order valence-corrected chi connectivity index (χ4v) is 8.84. The average Bonchev–Trinajstić information content (AvgIpc) is 3.66. The number of aromatic nitrogens is 1. The Hall–Kier alpha value is -7.94. The Bertz CT molecular complexity index is 3250. The van der Waals surface area contributed by atoms with E-state index in [1.54, 1.807) is 0 Å². The van der Waals surface area contributed by atoms with Crippen LogP contribution in [0, 0.1) is 0 Å². The molecule has 0 bridgehead atoms. The van der Waals surface area contributed by atoms with Crippen molar-refractivity contribution in [3.8, 4) is 50.2 Å². The molecule has 10 aromatic carbocycles. The van der Waals surface area contributed by atoms with E-state index in [-0.39, 0.29) is 0 Å². The van der Waals surface area contributed by atoms with Crippen LogP contribution in [0.25, 0.3) is 82.8 Å². The molecule has 2 nitrogen and oxygen atoms in total. The summed E-state index contributed by atoms with van der Waals surface area (Å²) in [5.74, 6) is 0. The van der Waals surface area contributed by atoms with E-state index in [1.165, 1.54) is 82.8 Å². The number of hydrogen-bond donors (Lipinski definition) is 0. The molecule has 0 aliphatic heterocycles. The fourth-order valence-electron chi connectivity index (χ4n) is 8.84. The first-order valence-electron chi connectivity index (χ1n) is 20.6. The number of fused-ring (bicyclic) bond motifs is 4. The summed E-state index contributed by atoms with van der Waals surface area (Å²) in [5, 5.41) is 5.01. The predicted octanol–water partition coefficient (Wildman–Crippen LogP) is 16.1. The van der Waals surface area contributed by atoms with Crippen LogP contribution in [0.2, 0.25) is 0 Å². The predicted molar refractivity (Wildman–Crippen MR) is 255 cm³/mol. The number of anilines is 3. The van der Waals surface area contributed by atoms with E-state index in [2.05, 4.69) is 252 Å². The Balaban J connectivity index is 0.973. The molecule has 0 aliphatic carbocycles. The third-order valence-electron chi connectivity index (χ3n) is 11.8. The van der Waals surface area contributed by atoms with Crippen molar-refractivity contribution < 1.29 is 0 Å². The van der Waals surface area contributed by atoms with Crippen molar-refractivity contribution >= 4 is 49.6 Å². The van der Waals surface area contributed by atoms with Gasteiger partial charge < -0.3 is 9.47 Å². The number of nitrogens with zero attached hydrogens (tertiary/aromatic N) is 2. The van der Waals surface area contributed by atoms with Crippen molar-refractivity contribution in [3.05, 3.63) is 243 Å². The third kappa shape index (κ3) is 6.41. The lowest BCUT2D eigenvalue weighted by Gasteiger charge is -2.26. The van der Waals surface area contributed by atoms with E-state index in [9.17, 15) is 0 Å². The van der Waals surface area contributed by atoms with Gasteiger partial charge in [0.25, 0.3) is 0 Å². The molecule has 0 spiro atoms. The summed E-state index contributed by atoms with van der Waals surface area (Å²) in [6.07, 6.45) is 0. The van der Waals surface area contributed by atoms with Gasteiger partial charge in [0.15, 0.2) is 0 Å². The summed E-state index contributed by atoms with van der Waals surface area (Å²) in [7, 11) is 0. The molecule has 2 heteroatoms. The molecular formula is C58H40N2. The lowest BCUT2D eigenvalue weighted by Crippen LogP contribution is -2.10. The molecule has 0 atom stereocenters. The summed E-state index contributed by atoms with van der Waals surface area (Å²) in [6, 6.07) is 87.8. The first kappa shape index (κ1) is 35.2. The number of rotatable bonds is 8. The fraction of sp³-hybridized carbons (Fsp3) is 0. The van der Waals surface area contributed by atoms with Crippen LogP contribution in [0.1, 0.15) is 0 Å². The van der Waals surface area contributed by atoms with Gasteiger partial charge in [-0.3, -0.25) is 0 Å². The van der Waals surface area contributed by atoms with Gasteiger partial charge in [-0.05, 0) is 116 Å². The number of para-hydroxylation sites is 3. The van der Waals surface area contributed by atoms with Gasteiger partial charge in [-0.15, -0.1) is 0 Å². The van der Waals surface area contributed by atoms with Gasteiger partial charge in [0.1, 0.15) is 0 Å². The van der Waals surface area contributed by atoms with E-state index in [0.717, 1.165) is 17.1 Å². The molecule has 282 valence electrons. The summed E-state index contributed by atoms with van der Waals surface area (Å²) in [5.41, 5.74) is 16.4. The number of benzene rings is 10. The van der Waals surface area contributed by atoms with Crippen LogP contribution in [0.3, 0.4) is 0 Å². The lowest BCUT2D eigenvalue weighted by molar-refractivity contribution is 1.18. The Morgan fingerprint density at radius 1 is 0.267 bits per heavy atom. The van der Waals surface area contributed by atoms with Gasteiger partial charge in [0.05, 0.1) is 16.7 Å². The standard InChI is InChI=1S/C58H40N2/c1-2-14-41(15-3-1)43-30-34-50(35-31-43)59(52-21-13-19-47(40-52)48-29-28-42-16-4-5-17-45(42)38-48)51-36-32-44(33-37-51)46-18-12-20-49(39-46)53-22-6-9-25-56(53)60-57-26-10-7-23-54(57)55-24-8-11-27-58(55)60/h1-40H. The molecule has 11 aromatic rings. The maximum absolute atomic E-state index is 2.41. The van der Waals surface area contributed by atoms with Gasteiger partial charge in [-0.1, -0.05) is 176 Å². The lowest BCUT2D eigenvalue weighted by atomic mass is 9.97. The zero-order chi connectivity index (χ0) is 39.8. The topological polar surface area (TPSA) is 8.17 Å². The quantitative estimate of drug-likeness (QED) is 0.150. The molecular weight excluding hydrogens is 725 g/mol. The zero-order valence-electron chi connectivity index (χ0n) is 33.0. The minimum atomic E-state index is 1.09. The molecule has 0 fully saturated rings. The van der Waals surface area contributed by atoms with Gasteiger partial charge in [0, 0.05) is 33.4 Å². The summed E-state index contributed by atoms with van der Waals surface area (Å²) in [4.78, 5) is 2.36. The smallest absolute Gasteiger partial charge is 0.0541 e. The minimum absolute atomic E-state index is 1.09. The highest BCUT2D eigenvalue weighted by atomic mass is 15.1. The highest BCUT2D eigenvalue weighted by molar-refractivity contribution is 6.09. The van der Waals surface area contributed by atoms with Crippen LogP contribution in [0.4, 0.5) is 17.1 Å². The van der Waals surface area contributed by atoms with Crippen molar-refractivity contribution in [1.82, 2.24) is 4.57 Å². The van der Waals surface area contributed by atoms with E-state index in [1.807, 2.05) is 0 Å². The molecule has 1 heterocycles. The summed E-state index contributed by atoms with van der Waals surface area (Å²) in [6.45, 7) is 0. The Labute approximate surface area is 350 Å². The summed E-state index contributed by atoms with van der Waals surface area (Å²) < 4.78 is 2.41. The molecule has 0 amide bonds. The van der Waals surface area contributed by atoms with E-state index in [0.29, 0.717) is 0 Å². The minimum Gasteiger partial charge on any atom is -0.310 e. The molecule has 1 aromatic heterocycles. The first-order valence-corrected chi connectivity index (χ1v) is 20.6. The van der Waals surface area contributed by atoms with Gasteiger partial charge in [-0.2, -0.15) is 0 Å². The molecule has 0 N–H and O–H groups in total.